The van der Waals surface area contributed by atoms with Gasteiger partial charge in [0.2, 0.25) is 0 Å². The number of amides is 1. The van der Waals surface area contributed by atoms with Crippen LogP contribution in [0.1, 0.15) is 53.6 Å². The van der Waals surface area contributed by atoms with E-state index in [0.717, 1.165) is 46.9 Å². The van der Waals surface area contributed by atoms with Gasteiger partial charge in [-0.15, -0.1) is 0 Å². The highest BCUT2D eigenvalue weighted by Crippen LogP contribution is 2.39. The number of piperidine rings is 2. The van der Waals surface area contributed by atoms with Crippen LogP contribution in [-0.2, 0) is 11.3 Å². The molecular weight excluding hydrogens is 400 g/mol. The molecule has 0 spiro atoms. The first-order chi connectivity index (χ1) is 15.6. The minimum Gasteiger partial charge on any atom is -0.445 e. The van der Waals surface area contributed by atoms with Crippen molar-refractivity contribution in [1.29, 1.82) is 0 Å². The lowest BCUT2D eigenvalue weighted by atomic mass is 9.75. The van der Waals surface area contributed by atoms with Gasteiger partial charge in [0.05, 0.1) is 5.52 Å². The number of nitrogens with zero attached hydrogens (tertiary/aromatic N) is 2. The minimum atomic E-state index is -0.250. The Morgan fingerprint density at radius 3 is 2.50 bits per heavy atom. The molecule has 2 fully saturated rings. The van der Waals surface area contributed by atoms with Gasteiger partial charge in [0.25, 0.3) is 0 Å². The number of benzene rings is 2. The Labute approximate surface area is 188 Å². The maximum atomic E-state index is 13.5. The monoisotopic (exact) mass is 428 g/mol. The molecule has 2 unspecified atom stereocenters. The molecule has 2 aromatic carbocycles. The van der Waals surface area contributed by atoms with Crippen LogP contribution in [0.2, 0.25) is 0 Å². The highest BCUT2D eigenvalue weighted by molar-refractivity contribution is 6.03. The molecule has 164 valence electrons. The number of hydrogen-bond acceptors (Lipinski definition) is 4. The van der Waals surface area contributed by atoms with Crippen molar-refractivity contribution in [2.24, 2.45) is 5.92 Å². The molecular formula is C27H28N2O3. The van der Waals surface area contributed by atoms with Gasteiger partial charge in [0, 0.05) is 35.1 Å². The second-order valence-electron chi connectivity index (χ2n) is 9.03. The lowest BCUT2D eigenvalue weighted by Crippen LogP contribution is -2.55. The van der Waals surface area contributed by atoms with Crippen LogP contribution in [0.4, 0.5) is 4.79 Å². The highest BCUT2D eigenvalue weighted by atomic mass is 16.6. The van der Waals surface area contributed by atoms with Crippen molar-refractivity contribution < 1.29 is 14.3 Å². The zero-order valence-electron chi connectivity index (χ0n) is 18.4. The molecule has 2 saturated heterocycles. The van der Waals surface area contributed by atoms with E-state index in [1.165, 1.54) is 0 Å². The molecule has 2 aliphatic rings. The number of ketones is 1. The summed E-state index contributed by atoms with van der Waals surface area (Å²) in [7, 11) is 0. The molecule has 2 bridgehead atoms. The normalized spacial score (nSPS) is 22.5. The van der Waals surface area contributed by atoms with Crippen molar-refractivity contribution in [3.63, 3.8) is 0 Å². The fourth-order valence-corrected chi connectivity index (χ4v) is 5.47. The van der Waals surface area contributed by atoms with E-state index in [2.05, 4.69) is 4.98 Å². The van der Waals surface area contributed by atoms with Crippen molar-refractivity contribution >= 4 is 22.8 Å². The average molecular weight is 429 g/mol. The van der Waals surface area contributed by atoms with Gasteiger partial charge in [0.1, 0.15) is 6.61 Å². The van der Waals surface area contributed by atoms with Gasteiger partial charge in [-0.3, -0.25) is 9.78 Å². The van der Waals surface area contributed by atoms with E-state index in [1.54, 1.807) is 6.20 Å². The average Bonchev–Trinajstić information content (AvgIpc) is 2.82. The van der Waals surface area contributed by atoms with Crippen molar-refractivity contribution in [1.82, 2.24) is 9.88 Å². The third-order valence-corrected chi connectivity index (χ3v) is 7.05. The molecule has 3 heterocycles. The summed E-state index contributed by atoms with van der Waals surface area (Å²) < 4.78 is 5.65. The minimum absolute atomic E-state index is 0.0664. The molecule has 1 aromatic heterocycles. The van der Waals surface area contributed by atoms with E-state index in [0.29, 0.717) is 12.8 Å². The number of aryl methyl sites for hydroxylation is 1. The van der Waals surface area contributed by atoms with Crippen LogP contribution < -0.4 is 0 Å². The lowest BCUT2D eigenvalue weighted by molar-refractivity contribution is 0.00471. The van der Waals surface area contributed by atoms with Gasteiger partial charge >= 0.3 is 6.09 Å². The molecule has 0 aliphatic carbocycles. The van der Waals surface area contributed by atoms with Gasteiger partial charge in [-0.25, -0.2) is 4.79 Å². The molecule has 5 rings (SSSR count). The smallest absolute Gasteiger partial charge is 0.410 e. The SMILES string of the molecule is Cc1c(C(=O)C2CC3CCCC(C2)N3C(=O)OCc2ccccc2)ccc2cccnc12. The van der Waals surface area contributed by atoms with E-state index in [9.17, 15) is 9.59 Å². The number of fused-ring (bicyclic) bond motifs is 3. The Kier molecular flexibility index (Phi) is 5.64. The topological polar surface area (TPSA) is 59.5 Å². The van der Waals surface area contributed by atoms with E-state index in [1.807, 2.05) is 66.4 Å². The van der Waals surface area contributed by atoms with Crippen LogP contribution in [0.15, 0.2) is 60.8 Å². The molecule has 3 aromatic rings. The summed E-state index contributed by atoms with van der Waals surface area (Å²) in [6.07, 6.45) is 5.88. The second kappa shape index (κ2) is 8.73. The van der Waals surface area contributed by atoms with Gasteiger partial charge in [-0.05, 0) is 56.2 Å². The van der Waals surface area contributed by atoms with Gasteiger partial charge in [0.15, 0.2) is 5.78 Å². The van der Waals surface area contributed by atoms with Crippen LogP contribution in [0.3, 0.4) is 0 Å². The predicted molar refractivity (Wildman–Crippen MR) is 123 cm³/mol. The lowest BCUT2D eigenvalue weighted by Gasteiger charge is -2.47. The molecule has 5 nitrogen and oxygen atoms in total. The summed E-state index contributed by atoms with van der Waals surface area (Å²) in [6.45, 7) is 2.26. The summed E-state index contributed by atoms with van der Waals surface area (Å²) in [5.74, 6) is 0.118. The first-order valence-corrected chi connectivity index (χ1v) is 11.5. The molecule has 0 N–H and O–H groups in total. The van der Waals surface area contributed by atoms with E-state index < -0.39 is 0 Å². The zero-order valence-corrected chi connectivity index (χ0v) is 18.4. The number of hydrogen-bond donors (Lipinski definition) is 0. The number of rotatable bonds is 4. The van der Waals surface area contributed by atoms with Crippen LogP contribution in [0.25, 0.3) is 10.9 Å². The summed E-state index contributed by atoms with van der Waals surface area (Å²) >= 11 is 0. The van der Waals surface area contributed by atoms with Crippen LogP contribution in [-0.4, -0.2) is 33.8 Å². The summed E-state index contributed by atoms with van der Waals surface area (Å²) in [5, 5.41) is 1.05. The Hall–Kier alpha value is -3.21. The first-order valence-electron chi connectivity index (χ1n) is 11.5. The van der Waals surface area contributed by atoms with Crippen LogP contribution in [0, 0.1) is 12.8 Å². The van der Waals surface area contributed by atoms with Gasteiger partial charge in [-0.1, -0.05) is 48.5 Å². The third kappa shape index (κ3) is 3.88. The van der Waals surface area contributed by atoms with E-state index >= 15 is 0 Å². The summed E-state index contributed by atoms with van der Waals surface area (Å²) in [5.41, 5.74) is 3.58. The standard InChI is InChI=1S/C27H28N2O3/c1-18-24(13-12-20-9-6-14-28-25(18)20)26(30)21-15-22-10-5-11-23(16-21)29(22)27(31)32-17-19-7-3-2-4-8-19/h2-4,6-9,12-14,21-23H,5,10-11,15-17H2,1H3. The number of Topliss-reactive ketones (excluding diaryl/α,β-unsaturated/α-hetero) is 1. The Bertz CT molecular complexity index is 1130. The molecule has 2 aliphatic heterocycles. The van der Waals surface area contributed by atoms with Crippen LogP contribution >= 0.6 is 0 Å². The molecule has 2 atom stereocenters. The predicted octanol–water partition coefficient (Wildman–Crippen LogP) is 5.70. The fourth-order valence-electron chi connectivity index (χ4n) is 5.47. The van der Waals surface area contributed by atoms with Crippen molar-refractivity contribution in [2.75, 3.05) is 0 Å². The van der Waals surface area contributed by atoms with E-state index in [-0.39, 0.29) is 36.5 Å². The third-order valence-electron chi connectivity index (χ3n) is 7.05. The molecule has 0 radical (unpaired) electrons. The Balaban J connectivity index is 1.31. The largest absolute Gasteiger partial charge is 0.445 e. The van der Waals surface area contributed by atoms with Crippen molar-refractivity contribution in [3.05, 3.63) is 77.5 Å². The maximum absolute atomic E-state index is 13.5. The van der Waals surface area contributed by atoms with Crippen LogP contribution in [0.5, 0.6) is 0 Å². The zero-order chi connectivity index (χ0) is 22.1. The van der Waals surface area contributed by atoms with Gasteiger partial charge < -0.3 is 9.64 Å². The molecule has 0 saturated carbocycles. The number of carbonyl (C=O) groups is 2. The quantitative estimate of drug-likeness (QED) is 0.501. The second-order valence-corrected chi connectivity index (χ2v) is 9.03. The number of carbonyl (C=O) groups excluding carboxylic acids is 2. The Morgan fingerprint density at radius 1 is 1.00 bits per heavy atom. The van der Waals surface area contributed by atoms with Crippen molar-refractivity contribution in [3.8, 4) is 0 Å². The highest BCUT2D eigenvalue weighted by Gasteiger charge is 2.44. The molecule has 5 heteroatoms. The molecule has 32 heavy (non-hydrogen) atoms. The van der Waals surface area contributed by atoms with Gasteiger partial charge in [-0.2, -0.15) is 0 Å². The molecule has 1 amide bonds. The summed E-state index contributed by atoms with van der Waals surface area (Å²) in [4.78, 5) is 32.9. The number of aromatic nitrogens is 1. The summed E-state index contributed by atoms with van der Waals surface area (Å²) in [6, 6.07) is 17.8. The van der Waals surface area contributed by atoms with E-state index in [4.69, 9.17) is 4.74 Å². The first kappa shape index (κ1) is 20.7. The fraction of sp³-hybridized carbons (Fsp3) is 0.370. The number of ether oxygens (including phenoxy) is 1. The Morgan fingerprint density at radius 2 is 1.75 bits per heavy atom. The number of pyridine rings is 1. The maximum Gasteiger partial charge on any atom is 0.410 e. The van der Waals surface area contributed by atoms with Crippen molar-refractivity contribution in [2.45, 2.75) is 57.7 Å².